The maximum Gasteiger partial charge on any atom is 0.325 e. The summed E-state index contributed by atoms with van der Waals surface area (Å²) in [5, 5.41) is 13.5. The average molecular weight is 251 g/mol. The zero-order chi connectivity index (χ0) is 13.7. The van der Waals surface area contributed by atoms with Gasteiger partial charge in [0.15, 0.2) is 0 Å². The van der Waals surface area contributed by atoms with Gasteiger partial charge in [-0.05, 0) is 31.2 Å². The van der Waals surface area contributed by atoms with Gasteiger partial charge in [-0.25, -0.2) is 4.79 Å². The largest absolute Gasteiger partial charge is 0.480 e. The van der Waals surface area contributed by atoms with E-state index in [4.69, 9.17) is 5.11 Å². The highest BCUT2D eigenvalue weighted by molar-refractivity contribution is 5.92. The Bertz CT molecular complexity index is 429. The highest BCUT2D eigenvalue weighted by Gasteiger charge is 2.13. The Morgan fingerprint density at radius 1 is 1.22 bits per heavy atom. The molecule has 0 radical (unpaired) electrons. The molecule has 0 aromatic heterocycles. The van der Waals surface area contributed by atoms with E-state index in [0.29, 0.717) is 5.69 Å². The van der Waals surface area contributed by atoms with Gasteiger partial charge in [-0.15, -0.1) is 0 Å². The van der Waals surface area contributed by atoms with Crippen molar-refractivity contribution in [3.8, 4) is 0 Å². The number of nitrogens with one attached hydrogen (secondary N) is 2. The van der Waals surface area contributed by atoms with Crippen LogP contribution in [-0.4, -0.2) is 37.2 Å². The van der Waals surface area contributed by atoms with E-state index in [0.717, 1.165) is 5.69 Å². The summed E-state index contributed by atoms with van der Waals surface area (Å²) < 4.78 is 0. The minimum absolute atomic E-state index is 0.539. The van der Waals surface area contributed by atoms with E-state index in [1.165, 1.54) is 6.92 Å². The number of carboxylic acid groups (broad SMARTS) is 1. The van der Waals surface area contributed by atoms with Crippen LogP contribution in [0.15, 0.2) is 24.3 Å². The second kappa shape index (κ2) is 5.90. The number of hydrogen-bond donors (Lipinski definition) is 3. The molecule has 98 valence electrons. The Hall–Kier alpha value is -2.24. The molecule has 1 aromatic carbocycles. The molecule has 18 heavy (non-hydrogen) atoms. The van der Waals surface area contributed by atoms with E-state index >= 15 is 0 Å². The molecular weight excluding hydrogens is 234 g/mol. The summed E-state index contributed by atoms with van der Waals surface area (Å²) in [7, 11) is 3.84. The van der Waals surface area contributed by atoms with E-state index in [1.54, 1.807) is 12.1 Å². The van der Waals surface area contributed by atoms with Gasteiger partial charge in [0.05, 0.1) is 0 Å². The van der Waals surface area contributed by atoms with Crippen LogP contribution < -0.4 is 15.5 Å². The third-order valence-electron chi connectivity index (χ3n) is 2.36. The Labute approximate surface area is 106 Å². The van der Waals surface area contributed by atoms with Crippen molar-refractivity contribution in [2.75, 3.05) is 24.3 Å². The van der Waals surface area contributed by atoms with Crippen LogP contribution in [0.1, 0.15) is 6.92 Å². The van der Waals surface area contributed by atoms with Crippen molar-refractivity contribution in [1.29, 1.82) is 0 Å². The number of aliphatic carboxylic acids is 1. The molecule has 1 atom stereocenters. The zero-order valence-electron chi connectivity index (χ0n) is 10.6. The minimum atomic E-state index is -1.08. The summed E-state index contributed by atoms with van der Waals surface area (Å²) in [6.45, 7) is 1.40. The van der Waals surface area contributed by atoms with Crippen molar-refractivity contribution in [2.45, 2.75) is 13.0 Å². The van der Waals surface area contributed by atoms with Gasteiger partial charge in [-0.1, -0.05) is 0 Å². The third-order valence-corrected chi connectivity index (χ3v) is 2.36. The fourth-order valence-electron chi connectivity index (χ4n) is 1.27. The van der Waals surface area contributed by atoms with Crippen LogP contribution in [-0.2, 0) is 4.79 Å². The van der Waals surface area contributed by atoms with Gasteiger partial charge in [-0.3, -0.25) is 4.79 Å². The quantitative estimate of drug-likeness (QED) is 0.754. The molecule has 3 N–H and O–H groups in total. The standard InChI is InChI=1S/C12H17N3O3/c1-8(11(16)17)13-12(18)14-9-4-6-10(7-5-9)15(2)3/h4-8H,1-3H3,(H,16,17)(H2,13,14,18)/t8-/m1/s1. The van der Waals surface area contributed by atoms with E-state index in [2.05, 4.69) is 10.6 Å². The van der Waals surface area contributed by atoms with Crippen LogP contribution in [0.3, 0.4) is 0 Å². The predicted molar refractivity (Wildman–Crippen MR) is 70.0 cm³/mol. The Kier molecular flexibility index (Phi) is 4.53. The first kappa shape index (κ1) is 13.8. The van der Waals surface area contributed by atoms with Gasteiger partial charge in [0.25, 0.3) is 0 Å². The molecule has 1 rings (SSSR count). The van der Waals surface area contributed by atoms with Crippen molar-refractivity contribution in [3.63, 3.8) is 0 Å². The summed E-state index contributed by atoms with van der Waals surface area (Å²) in [6.07, 6.45) is 0. The van der Waals surface area contributed by atoms with Gasteiger partial charge in [0, 0.05) is 25.5 Å². The van der Waals surface area contributed by atoms with Crippen molar-refractivity contribution in [3.05, 3.63) is 24.3 Å². The highest BCUT2D eigenvalue weighted by atomic mass is 16.4. The number of anilines is 2. The van der Waals surface area contributed by atoms with Crippen LogP contribution >= 0.6 is 0 Å². The van der Waals surface area contributed by atoms with E-state index in [1.807, 2.05) is 31.1 Å². The van der Waals surface area contributed by atoms with Crippen molar-refractivity contribution in [1.82, 2.24) is 5.32 Å². The smallest absolute Gasteiger partial charge is 0.325 e. The van der Waals surface area contributed by atoms with E-state index in [9.17, 15) is 9.59 Å². The summed E-state index contributed by atoms with van der Waals surface area (Å²) >= 11 is 0. The number of carbonyl (C=O) groups is 2. The normalized spacial score (nSPS) is 11.5. The van der Waals surface area contributed by atoms with Crippen molar-refractivity contribution < 1.29 is 14.7 Å². The molecule has 0 fully saturated rings. The molecule has 1 aromatic rings. The predicted octanol–water partition coefficient (Wildman–Crippen LogP) is 1.35. The number of hydrogen-bond acceptors (Lipinski definition) is 3. The van der Waals surface area contributed by atoms with Gasteiger partial charge in [-0.2, -0.15) is 0 Å². The zero-order valence-corrected chi connectivity index (χ0v) is 10.6. The number of carbonyl (C=O) groups excluding carboxylic acids is 1. The topological polar surface area (TPSA) is 81.7 Å². The second-order valence-corrected chi connectivity index (χ2v) is 4.10. The van der Waals surface area contributed by atoms with Crippen molar-refractivity contribution >= 4 is 23.4 Å². The minimum Gasteiger partial charge on any atom is -0.480 e. The average Bonchev–Trinajstić information content (AvgIpc) is 2.29. The molecule has 0 saturated carbocycles. The number of benzene rings is 1. The molecule has 0 aliphatic carbocycles. The molecule has 0 spiro atoms. The molecule has 0 unspecified atom stereocenters. The molecule has 0 heterocycles. The highest BCUT2D eigenvalue weighted by Crippen LogP contribution is 2.15. The lowest BCUT2D eigenvalue weighted by molar-refractivity contribution is -0.138. The monoisotopic (exact) mass is 251 g/mol. The number of urea groups is 1. The summed E-state index contributed by atoms with van der Waals surface area (Å²) in [4.78, 5) is 23.9. The molecule has 6 heteroatoms. The Balaban J connectivity index is 2.57. The Morgan fingerprint density at radius 2 is 1.78 bits per heavy atom. The first-order chi connectivity index (χ1) is 8.40. The van der Waals surface area contributed by atoms with Crippen molar-refractivity contribution in [2.24, 2.45) is 0 Å². The maximum absolute atomic E-state index is 11.5. The number of rotatable bonds is 4. The molecule has 0 bridgehead atoms. The summed E-state index contributed by atoms with van der Waals surface area (Å²) in [5.74, 6) is -1.08. The van der Waals surface area contributed by atoms with Crippen LogP contribution in [0.2, 0.25) is 0 Å². The SMILES string of the molecule is C[C@@H](NC(=O)Nc1ccc(N(C)C)cc1)C(=O)O. The fourth-order valence-corrected chi connectivity index (χ4v) is 1.27. The van der Waals surface area contributed by atoms with Gasteiger partial charge < -0.3 is 20.6 Å². The van der Waals surface area contributed by atoms with E-state index in [-0.39, 0.29) is 0 Å². The first-order valence-corrected chi connectivity index (χ1v) is 5.48. The van der Waals surface area contributed by atoms with Crippen LogP contribution in [0.4, 0.5) is 16.2 Å². The molecule has 0 aliphatic rings. The molecule has 0 aliphatic heterocycles. The van der Waals surface area contributed by atoms with Gasteiger partial charge in [0.2, 0.25) is 0 Å². The summed E-state index contributed by atoms with van der Waals surface area (Å²) in [5.41, 5.74) is 1.62. The molecule has 2 amide bonds. The Morgan fingerprint density at radius 3 is 2.22 bits per heavy atom. The summed E-state index contributed by atoms with van der Waals surface area (Å²) in [6, 6.07) is 5.75. The maximum atomic E-state index is 11.5. The van der Waals surface area contributed by atoms with Crippen LogP contribution in [0.5, 0.6) is 0 Å². The lowest BCUT2D eigenvalue weighted by Crippen LogP contribution is -2.40. The third kappa shape index (κ3) is 3.97. The van der Waals surface area contributed by atoms with E-state index < -0.39 is 18.0 Å². The first-order valence-electron chi connectivity index (χ1n) is 5.48. The van der Waals surface area contributed by atoms with Crippen LogP contribution in [0, 0.1) is 0 Å². The molecular formula is C12H17N3O3. The number of amides is 2. The second-order valence-electron chi connectivity index (χ2n) is 4.10. The molecule has 0 saturated heterocycles. The lowest BCUT2D eigenvalue weighted by atomic mass is 10.2. The number of carboxylic acids is 1. The van der Waals surface area contributed by atoms with Gasteiger partial charge in [0.1, 0.15) is 6.04 Å². The molecule has 6 nitrogen and oxygen atoms in total. The fraction of sp³-hybridized carbons (Fsp3) is 0.333. The van der Waals surface area contributed by atoms with Gasteiger partial charge >= 0.3 is 12.0 Å². The number of nitrogens with zero attached hydrogens (tertiary/aromatic N) is 1. The van der Waals surface area contributed by atoms with Crippen LogP contribution in [0.25, 0.3) is 0 Å². The lowest BCUT2D eigenvalue weighted by Gasteiger charge is -2.14.